The van der Waals surface area contributed by atoms with Crippen LogP contribution in [0.1, 0.15) is 50.7 Å². The monoisotopic (exact) mass is 560 g/mol. The first-order chi connectivity index (χ1) is 18.0. The van der Waals surface area contributed by atoms with Crippen LogP contribution in [0.15, 0.2) is 62.7 Å². The molecule has 208 valence electrons. The van der Waals surface area contributed by atoms with Crippen molar-refractivity contribution in [2.45, 2.75) is 69.3 Å². The maximum atomic E-state index is 13.8. The Labute approximate surface area is 228 Å². The van der Waals surface area contributed by atoms with E-state index < -0.39 is 26.2 Å². The largest absolute Gasteiger partial charge is 0.341 e. The third kappa shape index (κ3) is 6.47. The van der Waals surface area contributed by atoms with Crippen LogP contribution in [-0.2, 0) is 20.0 Å². The zero-order chi connectivity index (χ0) is 27.5. The molecule has 2 heterocycles. The molecular weight excluding hydrogens is 520 g/mol. The Balaban J connectivity index is 1.76. The molecule has 0 amide bonds. The van der Waals surface area contributed by atoms with Crippen LogP contribution in [0, 0.1) is 19.8 Å². The Morgan fingerprint density at radius 2 is 1.34 bits per heavy atom. The minimum atomic E-state index is -3.98. The number of benzene rings is 2. The number of hydrogen-bond acceptors (Lipinski definition) is 5. The van der Waals surface area contributed by atoms with E-state index in [0.29, 0.717) is 31.9 Å². The number of nitrogens with zero attached hydrogens (tertiary/aromatic N) is 4. The second kappa shape index (κ2) is 11.9. The van der Waals surface area contributed by atoms with Crippen molar-refractivity contribution in [2.75, 3.05) is 32.7 Å². The molecule has 2 aromatic carbocycles. The third-order valence-corrected chi connectivity index (χ3v) is 10.5. The quantitative estimate of drug-likeness (QED) is 0.371. The molecule has 0 bridgehead atoms. The molecule has 2 fully saturated rings. The number of aryl methyl sites for hydroxylation is 2. The molecule has 0 saturated carbocycles. The van der Waals surface area contributed by atoms with Gasteiger partial charge in [-0.3, -0.25) is 4.90 Å². The third-order valence-electron chi connectivity index (χ3n) is 7.31. The summed E-state index contributed by atoms with van der Waals surface area (Å²) in [5.41, 5.74) is 1.95. The molecule has 38 heavy (non-hydrogen) atoms. The van der Waals surface area contributed by atoms with Gasteiger partial charge in [-0.25, -0.2) is 8.42 Å². The molecular formula is C28H40N4O4S2. The lowest BCUT2D eigenvalue weighted by Crippen LogP contribution is -2.61. The van der Waals surface area contributed by atoms with Crippen molar-refractivity contribution in [3.63, 3.8) is 0 Å². The lowest BCUT2D eigenvalue weighted by molar-refractivity contribution is 0.0799. The first-order valence-electron chi connectivity index (χ1n) is 13.5. The predicted octanol–water partition coefficient (Wildman–Crippen LogP) is 4.26. The van der Waals surface area contributed by atoms with E-state index >= 15 is 0 Å². The van der Waals surface area contributed by atoms with Crippen molar-refractivity contribution in [2.24, 2.45) is 10.3 Å². The summed E-state index contributed by atoms with van der Waals surface area (Å²) in [6.45, 7) is 10.8. The van der Waals surface area contributed by atoms with Gasteiger partial charge in [0, 0.05) is 13.1 Å². The minimum Gasteiger partial charge on any atom is -0.341 e. The second-order valence-corrected chi connectivity index (χ2v) is 14.3. The molecule has 0 aromatic heterocycles. The fraction of sp³-hybridized carbons (Fsp3) is 0.536. The Kier molecular flexibility index (Phi) is 8.96. The van der Waals surface area contributed by atoms with Gasteiger partial charge in [-0.2, -0.15) is 12.7 Å². The van der Waals surface area contributed by atoms with Crippen LogP contribution in [-0.4, -0.2) is 75.7 Å². The lowest BCUT2D eigenvalue weighted by Gasteiger charge is -2.47. The van der Waals surface area contributed by atoms with E-state index in [1.807, 2.05) is 32.6 Å². The fourth-order valence-electron chi connectivity index (χ4n) is 5.29. The highest BCUT2D eigenvalue weighted by Gasteiger charge is 2.41. The molecule has 1 atom stereocenters. The summed E-state index contributed by atoms with van der Waals surface area (Å²) in [7, 11) is -7.78. The summed E-state index contributed by atoms with van der Waals surface area (Å²) in [4.78, 5) is 4.55. The molecule has 2 aliphatic rings. The molecule has 1 unspecified atom stereocenters. The van der Waals surface area contributed by atoms with Gasteiger partial charge in [0.2, 0.25) is 10.0 Å². The number of sulfonamides is 2. The van der Waals surface area contributed by atoms with Crippen LogP contribution in [0.5, 0.6) is 0 Å². The number of hydrogen-bond donors (Lipinski definition) is 0. The highest BCUT2D eigenvalue weighted by molar-refractivity contribution is 7.90. The summed E-state index contributed by atoms with van der Waals surface area (Å²) in [5.74, 6) is 0.319. The topological polar surface area (TPSA) is 90.4 Å². The van der Waals surface area contributed by atoms with Crippen molar-refractivity contribution in [3.05, 3.63) is 59.7 Å². The van der Waals surface area contributed by atoms with E-state index in [0.717, 1.165) is 43.5 Å². The molecule has 2 saturated heterocycles. The van der Waals surface area contributed by atoms with E-state index in [4.69, 9.17) is 0 Å². The average Bonchev–Trinajstić information content (AvgIpc) is 2.89. The smallest absolute Gasteiger partial charge is 0.283 e. The summed E-state index contributed by atoms with van der Waals surface area (Å²) < 4.78 is 60.6. The molecule has 4 rings (SSSR count). The highest BCUT2D eigenvalue weighted by Crippen LogP contribution is 2.29. The summed E-state index contributed by atoms with van der Waals surface area (Å²) >= 11 is 0. The number of piperidine rings is 1. The van der Waals surface area contributed by atoms with Gasteiger partial charge in [0.25, 0.3) is 10.0 Å². The van der Waals surface area contributed by atoms with Gasteiger partial charge in [-0.15, -0.1) is 4.40 Å². The van der Waals surface area contributed by atoms with Crippen molar-refractivity contribution < 1.29 is 16.8 Å². The fourth-order valence-corrected chi connectivity index (χ4v) is 8.08. The first kappa shape index (κ1) is 28.7. The summed E-state index contributed by atoms with van der Waals surface area (Å²) in [6.07, 6.45) is 3.30. The van der Waals surface area contributed by atoms with Crippen molar-refractivity contribution >= 4 is 25.9 Å². The van der Waals surface area contributed by atoms with Gasteiger partial charge in [0.05, 0.1) is 22.5 Å². The van der Waals surface area contributed by atoms with Gasteiger partial charge in [0.15, 0.2) is 0 Å². The molecule has 0 N–H and O–H groups in total. The Morgan fingerprint density at radius 1 is 0.789 bits per heavy atom. The zero-order valence-corrected chi connectivity index (χ0v) is 24.5. The van der Waals surface area contributed by atoms with E-state index in [1.165, 1.54) is 4.31 Å². The summed E-state index contributed by atoms with van der Waals surface area (Å²) in [6, 6.07) is 13.6. The van der Waals surface area contributed by atoms with Crippen molar-refractivity contribution in [1.29, 1.82) is 0 Å². The SMILES string of the molecule is Cc1ccc(S(=O)(=O)/N=C(/CN2CCCCC2)N2CCCN(S(=O)(=O)c3ccc(C)cc3)C2C(C)C)cc1. The van der Waals surface area contributed by atoms with Gasteiger partial charge in [-0.05, 0) is 76.4 Å². The minimum absolute atomic E-state index is 0.0934. The van der Waals surface area contributed by atoms with E-state index in [2.05, 4.69) is 9.30 Å². The highest BCUT2D eigenvalue weighted by atomic mass is 32.2. The van der Waals surface area contributed by atoms with Gasteiger partial charge < -0.3 is 4.90 Å². The molecule has 2 aromatic rings. The van der Waals surface area contributed by atoms with Gasteiger partial charge in [-0.1, -0.05) is 55.7 Å². The van der Waals surface area contributed by atoms with E-state index in [-0.39, 0.29) is 15.7 Å². The lowest BCUT2D eigenvalue weighted by atomic mass is 10.1. The van der Waals surface area contributed by atoms with E-state index in [1.54, 1.807) is 48.5 Å². The zero-order valence-electron chi connectivity index (χ0n) is 22.9. The standard InChI is InChI=1S/C28H40N4O4S2/c1-22(2)28-31(19-8-20-32(28)38(35,36)26-15-11-24(4)12-16-26)27(21-30-17-6-5-7-18-30)29-37(33,34)25-13-9-23(3)10-14-25/h9-16,22,28H,5-8,17-21H2,1-4H3/b29-27-. The maximum absolute atomic E-state index is 13.8. The van der Waals surface area contributed by atoms with E-state index in [9.17, 15) is 16.8 Å². The summed E-state index contributed by atoms with van der Waals surface area (Å²) in [5, 5.41) is 0. The van der Waals surface area contributed by atoms with Crippen molar-refractivity contribution in [3.8, 4) is 0 Å². The van der Waals surface area contributed by atoms with Crippen LogP contribution in [0.3, 0.4) is 0 Å². The van der Waals surface area contributed by atoms with Gasteiger partial charge in [0.1, 0.15) is 5.84 Å². The van der Waals surface area contributed by atoms with Crippen LogP contribution >= 0.6 is 0 Å². The second-order valence-electron chi connectivity index (χ2n) is 10.8. The molecule has 8 nitrogen and oxygen atoms in total. The normalized spacial score (nSPS) is 20.7. The average molecular weight is 561 g/mol. The molecule has 0 aliphatic carbocycles. The number of likely N-dealkylation sites (tertiary alicyclic amines) is 1. The number of rotatable bonds is 7. The van der Waals surface area contributed by atoms with Crippen LogP contribution < -0.4 is 0 Å². The Bertz CT molecular complexity index is 1330. The first-order valence-corrected chi connectivity index (χ1v) is 16.3. The van der Waals surface area contributed by atoms with Crippen LogP contribution in [0.4, 0.5) is 0 Å². The molecule has 0 radical (unpaired) electrons. The van der Waals surface area contributed by atoms with Gasteiger partial charge >= 0.3 is 0 Å². The number of amidine groups is 1. The van der Waals surface area contributed by atoms with Crippen molar-refractivity contribution in [1.82, 2.24) is 14.1 Å². The van der Waals surface area contributed by atoms with Crippen LogP contribution in [0.2, 0.25) is 0 Å². The van der Waals surface area contributed by atoms with Crippen LogP contribution in [0.25, 0.3) is 0 Å². The molecule has 0 spiro atoms. The Hall–Kier alpha value is -2.27. The Morgan fingerprint density at radius 3 is 1.89 bits per heavy atom. The molecule has 2 aliphatic heterocycles. The maximum Gasteiger partial charge on any atom is 0.283 e. The molecule has 10 heteroatoms. The predicted molar refractivity (Wildman–Crippen MR) is 151 cm³/mol.